The van der Waals surface area contributed by atoms with E-state index in [0.29, 0.717) is 17.7 Å². The number of rotatable bonds is 6. The lowest BCUT2D eigenvalue weighted by atomic mass is 10.2. The first-order valence-corrected chi connectivity index (χ1v) is 7.49. The van der Waals surface area contributed by atoms with Crippen molar-refractivity contribution in [1.29, 1.82) is 5.26 Å². The fourth-order valence-corrected chi connectivity index (χ4v) is 3.19. The van der Waals surface area contributed by atoms with Gasteiger partial charge in [0.05, 0.1) is 16.5 Å². The molecule has 0 heterocycles. The quantitative estimate of drug-likeness (QED) is 0.792. The molecule has 0 unspecified atom stereocenters. The van der Waals surface area contributed by atoms with Crippen molar-refractivity contribution < 1.29 is 8.42 Å². The summed E-state index contributed by atoms with van der Waals surface area (Å²) in [5.74, 6) is 0. The van der Waals surface area contributed by atoms with Gasteiger partial charge in [-0.15, -0.1) is 0 Å². The Morgan fingerprint density at radius 1 is 1.42 bits per heavy atom. The summed E-state index contributed by atoms with van der Waals surface area (Å²) < 4.78 is 26.1. The number of nitrogens with zero attached hydrogens (tertiary/aromatic N) is 2. The highest BCUT2D eigenvalue weighted by Gasteiger charge is 2.22. The van der Waals surface area contributed by atoms with Gasteiger partial charge in [-0.3, -0.25) is 0 Å². The van der Waals surface area contributed by atoms with Gasteiger partial charge in [-0.05, 0) is 50.7 Å². The molecule has 1 aromatic carbocycles. The van der Waals surface area contributed by atoms with Crippen molar-refractivity contribution in [3.8, 4) is 6.07 Å². The molecule has 104 valence electrons. The molecule has 1 aromatic rings. The van der Waals surface area contributed by atoms with Crippen LogP contribution in [-0.4, -0.2) is 39.9 Å². The molecule has 0 radical (unpaired) electrons. The van der Waals surface area contributed by atoms with Crippen LogP contribution in [0.25, 0.3) is 0 Å². The molecule has 0 saturated heterocycles. The molecule has 0 aliphatic heterocycles. The fraction of sp³-hybridized carbons (Fsp3) is 0.462. The van der Waals surface area contributed by atoms with Crippen molar-refractivity contribution in [2.24, 2.45) is 0 Å². The van der Waals surface area contributed by atoms with E-state index in [0.717, 1.165) is 13.0 Å². The molecule has 1 N–H and O–H groups in total. The third-order valence-electron chi connectivity index (χ3n) is 2.89. The summed E-state index contributed by atoms with van der Waals surface area (Å²) in [6.45, 7) is 2.93. The number of nitriles is 1. The Bertz CT molecular complexity index is 576. The van der Waals surface area contributed by atoms with Crippen LogP contribution in [0.1, 0.15) is 17.5 Å². The molecule has 0 bridgehead atoms. The molecule has 5 nitrogen and oxygen atoms in total. The minimum absolute atomic E-state index is 0.262. The average Bonchev–Trinajstić information content (AvgIpc) is 2.38. The monoisotopic (exact) mass is 281 g/mol. The molecule has 0 saturated carbocycles. The standard InChI is InChI=1S/C13H19N3O2S/c1-11-9-12(10-14)5-6-13(11)19(17,18)16(3)8-4-7-15-2/h5-6,9,15H,4,7-8H2,1-3H3. The third kappa shape index (κ3) is 3.77. The maximum absolute atomic E-state index is 12.4. The summed E-state index contributed by atoms with van der Waals surface area (Å²) in [5.41, 5.74) is 1.06. The third-order valence-corrected chi connectivity index (χ3v) is 4.91. The molecule has 0 aromatic heterocycles. The first-order valence-electron chi connectivity index (χ1n) is 6.05. The molecule has 0 fully saturated rings. The fourth-order valence-electron chi connectivity index (χ4n) is 1.77. The largest absolute Gasteiger partial charge is 0.320 e. The molecular formula is C13H19N3O2S. The van der Waals surface area contributed by atoms with Gasteiger partial charge in [0.15, 0.2) is 0 Å². The lowest BCUT2D eigenvalue weighted by Gasteiger charge is -2.18. The molecule has 19 heavy (non-hydrogen) atoms. The normalized spacial score (nSPS) is 11.5. The smallest absolute Gasteiger partial charge is 0.243 e. The van der Waals surface area contributed by atoms with Crippen molar-refractivity contribution in [3.63, 3.8) is 0 Å². The van der Waals surface area contributed by atoms with E-state index in [-0.39, 0.29) is 4.90 Å². The zero-order chi connectivity index (χ0) is 14.5. The Balaban J connectivity index is 2.97. The van der Waals surface area contributed by atoms with Crippen molar-refractivity contribution >= 4 is 10.0 Å². The van der Waals surface area contributed by atoms with E-state index in [1.807, 2.05) is 13.1 Å². The van der Waals surface area contributed by atoms with Gasteiger partial charge in [-0.25, -0.2) is 12.7 Å². The second-order valence-electron chi connectivity index (χ2n) is 4.38. The van der Waals surface area contributed by atoms with Crippen LogP contribution >= 0.6 is 0 Å². The number of hydrogen-bond donors (Lipinski definition) is 1. The van der Waals surface area contributed by atoms with Crippen LogP contribution in [0.3, 0.4) is 0 Å². The van der Waals surface area contributed by atoms with Crippen LogP contribution in [0.4, 0.5) is 0 Å². The van der Waals surface area contributed by atoms with Crippen LogP contribution in [0, 0.1) is 18.3 Å². The van der Waals surface area contributed by atoms with E-state index in [2.05, 4.69) is 5.32 Å². The predicted molar refractivity (Wildman–Crippen MR) is 74.3 cm³/mol. The Labute approximate surface area is 114 Å². The summed E-state index contributed by atoms with van der Waals surface area (Å²) in [5, 5.41) is 11.8. The van der Waals surface area contributed by atoms with Crippen LogP contribution in [-0.2, 0) is 10.0 Å². The Hall–Kier alpha value is -1.42. The summed E-state index contributed by atoms with van der Waals surface area (Å²) >= 11 is 0. The highest BCUT2D eigenvalue weighted by Crippen LogP contribution is 2.20. The lowest BCUT2D eigenvalue weighted by Crippen LogP contribution is -2.30. The van der Waals surface area contributed by atoms with Gasteiger partial charge in [0, 0.05) is 13.6 Å². The predicted octanol–water partition coefficient (Wildman–Crippen LogP) is 1.10. The minimum Gasteiger partial charge on any atom is -0.320 e. The highest BCUT2D eigenvalue weighted by atomic mass is 32.2. The number of nitrogens with one attached hydrogen (secondary N) is 1. The number of sulfonamides is 1. The van der Waals surface area contributed by atoms with Crippen molar-refractivity contribution in [3.05, 3.63) is 29.3 Å². The van der Waals surface area contributed by atoms with Crippen LogP contribution < -0.4 is 5.32 Å². The topological polar surface area (TPSA) is 73.2 Å². The zero-order valence-corrected chi connectivity index (χ0v) is 12.3. The number of benzene rings is 1. The highest BCUT2D eigenvalue weighted by molar-refractivity contribution is 7.89. The second-order valence-corrected chi connectivity index (χ2v) is 6.39. The van der Waals surface area contributed by atoms with Gasteiger partial charge in [0.25, 0.3) is 0 Å². The van der Waals surface area contributed by atoms with Crippen molar-refractivity contribution in [2.75, 3.05) is 27.2 Å². The van der Waals surface area contributed by atoms with Gasteiger partial charge in [-0.2, -0.15) is 5.26 Å². The van der Waals surface area contributed by atoms with E-state index >= 15 is 0 Å². The SMILES string of the molecule is CNCCCN(C)S(=O)(=O)c1ccc(C#N)cc1C. The molecule has 6 heteroatoms. The van der Waals surface area contributed by atoms with Crippen LogP contribution in [0.5, 0.6) is 0 Å². The lowest BCUT2D eigenvalue weighted by molar-refractivity contribution is 0.457. The van der Waals surface area contributed by atoms with E-state index in [1.165, 1.54) is 16.4 Å². The first kappa shape index (κ1) is 15.6. The molecule has 0 aliphatic carbocycles. The second kappa shape index (κ2) is 6.66. The van der Waals surface area contributed by atoms with E-state index in [1.54, 1.807) is 20.0 Å². The number of hydrogen-bond acceptors (Lipinski definition) is 4. The van der Waals surface area contributed by atoms with Gasteiger partial charge in [0.1, 0.15) is 0 Å². The van der Waals surface area contributed by atoms with E-state index < -0.39 is 10.0 Å². The molecule has 0 atom stereocenters. The van der Waals surface area contributed by atoms with Crippen LogP contribution in [0.2, 0.25) is 0 Å². The average molecular weight is 281 g/mol. The summed E-state index contributed by atoms with van der Waals surface area (Å²) in [4.78, 5) is 0.262. The maximum Gasteiger partial charge on any atom is 0.243 e. The van der Waals surface area contributed by atoms with Crippen molar-refractivity contribution in [1.82, 2.24) is 9.62 Å². The summed E-state index contributed by atoms with van der Waals surface area (Å²) in [6, 6.07) is 6.62. The van der Waals surface area contributed by atoms with Gasteiger partial charge < -0.3 is 5.32 Å². The Kier molecular flexibility index (Phi) is 5.48. The zero-order valence-electron chi connectivity index (χ0n) is 11.5. The van der Waals surface area contributed by atoms with Crippen LogP contribution in [0.15, 0.2) is 23.1 Å². The Morgan fingerprint density at radius 2 is 2.11 bits per heavy atom. The maximum atomic E-state index is 12.4. The van der Waals surface area contributed by atoms with Gasteiger partial charge in [-0.1, -0.05) is 0 Å². The Morgan fingerprint density at radius 3 is 2.63 bits per heavy atom. The molecule has 0 spiro atoms. The van der Waals surface area contributed by atoms with Crippen molar-refractivity contribution in [2.45, 2.75) is 18.2 Å². The molecular weight excluding hydrogens is 262 g/mol. The van der Waals surface area contributed by atoms with E-state index in [9.17, 15) is 8.42 Å². The minimum atomic E-state index is -3.48. The first-order chi connectivity index (χ1) is 8.93. The molecule has 0 aliphatic rings. The summed E-state index contributed by atoms with van der Waals surface area (Å²) in [7, 11) is -0.0743. The van der Waals surface area contributed by atoms with Gasteiger partial charge >= 0.3 is 0 Å². The number of aryl methyl sites for hydroxylation is 1. The summed E-state index contributed by atoms with van der Waals surface area (Å²) in [6.07, 6.45) is 0.752. The molecule has 1 rings (SSSR count). The van der Waals surface area contributed by atoms with Gasteiger partial charge in [0.2, 0.25) is 10.0 Å². The van der Waals surface area contributed by atoms with E-state index in [4.69, 9.17) is 5.26 Å². The molecule has 0 amide bonds.